The summed E-state index contributed by atoms with van der Waals surface area (Å²) >= 11 is 4.08. The Morgan fingerprint density at radius 2 is 1.65 bits per heavy atom. The molecule has 1 aliphatic heterocycles. The van der Waals surface area contributed by atoms with E-state index in [1.165, 1.54) is 37.4 Å². The van der Waals surface area contributed by atoms with Crippen LogP contribution in [0.1, 0.15) is 127 Å². The smallest absolute Gasteiger partial charge is 0.419 e. The molecule has 7 atom stereocenters. The van der Waals surface area contributed by atoms with E-state index in [1.807, 2.05) is 46.6 Å². The van der Waals surface area contributed by atoms with Crippen LogP contribution >= 0.6 is 27.3 Å². The third kappa shape index (κ3) is 22.8. The van der Waals surface area contributed by atoms with Crippen LogP contribution in [-0.4, -0.2) is 163 Å². The van der Waals surface area contributed by atoms with Crippen LogP contribution in [0.3, 0.4) is 0 Å². The van der Waals surface area contributed by atoms with E-state index in [-0.39, 0.29) is 89.5 Å². The molecule has 3 rings (SSSR count). The lowest BCUT2D eigenvalue weighted by Gasteiger charge is -2.38. The molecule has 434 valence electrons. The van der Waals surface area contributed by atoms with Gasteiger partial charge in [-0.05, 0) is 91.2 Å². The highest BCUT2D eigenvalue weighted by atomic mass is 79.9. The number of thiazole rings is 1. The molecule has 6 amide bonds. The minimum atomic E-state index is -1.26. The summed E-state index contributed by atoms with van der Waals surface area (Å²) in [6, 6.07) is 1.61. The molecule has 1 fully saturated rings. The van der Waals surface area contributed by atoms with E-state index >= 15 is 0 Å². The Morgan fingerprint density at radius 1 is 0.949 bits per heavy atom. The number of nitrogens with one attached hydrogen (secondary N) is 5. The van der Waals surface area contributed by atoms with Crippen LogP contribution in [0.2, 0.25) is 0 Å². The average molecular weight is 1180 g/mol. The number of carbonyl (C=O) groups is 9. The summed E-state index contributed by atoms with van der Waals surface area (Å²) in [4.78, 5) is 124. The Kier molecular flexibility index (Phi) is 29.0. The molecule has 1 aromatic carbocycles. The molecule has 0 bridgehead atoms. The maximum absolute atomic E-state index is 14.3. The number of carboxylic acid groups (broad SMARTS) is 1. The van der Waals surface area contributed by atoms with Crippen molar-refractivity contribution >= 4 is 86.5 Å². The number of halogens is 1. The summed E-state index contributed by atoms with van der Waals surface area (Å²) in [7, 11) is 3.57. The van der Waals surface area contributed by atoms with Crippen molar-refractivity contribution in [2.24, 2.45) is 17.8 Å². The molecule has 0 radical (unpaired) electrons. The monoisotopic (exact) mass is 1180 g/mol. The molecule has 1 saturated heterocycles. The quantitative estimate of drug-likeness (QED) is 0.0163. The maximum atomic E-state index is 14.3. The van der Waals surface area contributed by atoms with Crippen LogP contribution in [0.4, 0.5) is 10.5 Å². The average Bonchev–Trinajstić information content (AvgIpc) is 3.90. The number of aliphatic carboxylic acids is 1. The number of amides is 6. The zero-order valence-corrected chi connectivity index (χ0v) is 48.6. The lowest BCUT2D eigenvalue weighted by Crippen LogP contribution is -2.58. The zero-order valence-electron chi connectivity index (χ0n) is 46.1. The maximum Gasteiger partial charge on any atom is 0.419 e. The number of carbonyl (C=O) groups excluding carboxylic acids is 8. The number of esters is 2. The largest absolute Gasteiger partial charge is 0.506 e. The first kappa shape index (κ1) is 66.3. The summed E-state index contributed by atoms with van der Waals surface area (Å²) < 4.78 is 21.1. The van der Waals surface area contributed by atoms with E-state index in [9.17, 15) is 53.4 Å². The first-order valence-corrected chi connectivity index (χ1v) is 28.0. The fraction of sp³-hybridized carbons (Fsp3) is 0.623. The van der Waals surface area contributed by atoms with E-state index in [2.05, 4.69) is 47.5 Å². The number of nitrogens with zero attached hydrogens (tertiary/aromatic N) is 3. The minimum absolute atomic E-state index is 0.0000572. The molecule has 1 aliphatic rings. The molecular formula is C53H79BrN8O15S. The van der Waals surface area contributed by atoms with Crippen molar-refractivity contribution in [3.8, 4) is 5.75 Å². The van der Waals surface area contributed by atoms with Crippen molar-refractivity contribution < 1.29 is 72.3 Å². The standard InChI is InChI=1S/C53H79BrN8O15S/c1-10-21-74-23-24-75-22-19-55-44(65)28-37(54)47(67)56-18-17-45(66)77-53(73)59-38-27-35(15-16-42(38)64)26-36(25-33(6)52(71)72)57-48(68)39-30-78-50(58-39)43(76-34(7)63)29-41(31(3)4)62(9)51(70)46(32(5)11-2)60-49(69)40-14-12-13-20-61(40)8/h15-16,27-28,30-33,36,40-41,43,46,64H,10-14,17-26,29H2,1-9H3,(H,55,65)(H,56,67)(H,57,68)(H,59,73)(H,60,69)(H,71,72)/b37-28+/t32?,33?,36?,40-,41?,43?,46?/m1/s1. The van der Waals surface area contributed by atoms with E-state index < -0.39 is 84.0 Å². The first-order chi connectivity index (χ1) is 36.9. The number of hydrogen-bond donors (Lipinski definition) is 7. The van der Waals surface area contributed by atoms with Crippen LogP contribution in [0.15, 0.2) is 34.1 Å². The van der Waals surface area contributed by atoms with Gasteiger partial charge in [0.1, 0.15) is 22.5 Å². The van der Waals surface area contributed by atoms with Gasteiger partial charge in [-0.1, -0.05) is 60.5 Å². The van der Waals surface area contributed by atoms with Gasteiger partial charge in [-0.15, -0.1) is 11.3 Å². The molecule has 6 unspecified atom stereocenters. The van der Waals surface area contributed by atoms with Crippen LogP contribution in [0.25, 0.3) is 0 Å². The van der Waals surface area contributed by atoms with E-state index in [4.69, 9.17) is 18.9 Å². The predicted molar refractivity (Wildman–Crippen MR) is 293 cm³/mol. The summed E-state index contributed by atoms with van der Waals surface area (Å²) in [6.45, 7) is 14.8. The molecule has 2 aromatic rings. The number of phenols is 1. The van der Waals surface area contributed by atoms with Gasteiger partial charge >= 0.3 is 24.0 Å². The van der Waals surface area contributed by atoms with Gasteiger partial charge < -0.3 is 55.3 Å². The Hall–Kier alpha value is -6.02. The van der Waals surface area contributed by atoms with Gasteiger partial charge in [0.2, 0.25) is 17.7 Å². The number of anilines is 1. The first-order valence-electron chi connectivity index (χ1n) is 26.3. The third-order valence-corrected chi connectivity index (χ3v) is 14.5. The van der Waals surface area contributed by atoms with Crippen molar-refractivity contribution in [2.75, 3.05) is 65.5 Å². The zero-order chi connectivity index (χ0) is 58.1. The highest BCUT2D eigenvalue weighted by Crippen LogP contribution is 2.32. The molecule has 78 heavy (non-hydrogen) atoms. The molecular weight excluding hydrogens is 1100 g/mol. The number of benzene rings is 1. The topological polar surface area (TPSA) is 311 Å². The van der Waals surface area contributed by atoms with Crippen molar-refractivity contribution in [3.63, 3.8) is 0 Å². The summed E-state index contributed by atoms with van der Waals surface area (Å²) in [6.07, 6.45) is 2.53. The molecule has 0 aliphatic carbocycles. The van der Waals surface area contributed by atoms with Crippen molar-refractivity contribution in [1.82, 2.24) is 36.1 Å². The lowest BCUT2D eigenvalue weighted by atomic mass is 9.92. The Bertz CT molecular complexity index is 2390. The summed E-state index contributed by atoms with van der Waals surface area (Å²) in [5, 5.41) is 35.3. The number of rotatable bonds is 32. The molecule has 1 aromatic heterocycles. The SMILES string of the molecule is CCCOCCOCCNC(=O)/C=C(/Br)C(=O)NCCC(=O)OC(=O)Nc1cc(CC(CC(C)C(=O)O)NC(=O)c2csc(C(CC(C(C)C)N(C)C(=O)C(NC(=O)[C@H]3CCCCN3C)C(C)CC)OC(C)=O)n2)ccc1O. The van der Waals surface area contributed by atoms with Gasteiger partial charge in [0, 0.05) is 63.6 Å². The van der Waals surface area contributed by atoms with Crippen molar-refractivity contribution in [1.29, 1.82) is 0 Å². The van der Waals surface area contributed by atoms with Crippen LogP contribution in [0, 0.1) is 17.8 Å². The van der Waals surface area contributed by atoms with Gasteiger partial charge in [0.05, 0.1) is 48.4 Å². The second kappa shape index (κ2) is 34.1. The van der Waals surface area contributed by atoms with Crippen LogP contribution in [-0.2, 0) is 58.9 Å². The van der Waals surface area contributed by atoms with Crippen molar-refractivity contribution in [2.45, 2.75) is 137 Å². The second-order valence-corrected chi connectivity index (χ2v) is 21.4. The number of likely N-dealkylation sites (tertiary alicyclic amines) is 1. The number of piperidine rings is 1. The molecule has 25 heteroatoms. The summed E-state index contributed by atoms with van der Waals surface area (Å²) in [5.41, 5.74) is 0.207. The van der Waals surface area contributed by atoms with E-state index in [1.54, 1.807) is 11.9 Å². The number of aromatic nitrogens is 1. The highest BCUT2D eigenvalue weighted by Gasteiger charge is 2.37. The van der Waals surface area contributed by atoms with E-state index in [0.29, 0.717) is 38.2 Å². The molecule has 2 heterocycles. The Morgan fingerprint density at radius 3 is 2.29 bits per heavy atom. The number of carboxylic acids is 1. The minimum Gasteiger partial charge on any atom is -0.506 e. The van der Waals surface area contributed by atoms with Gasteiger partial charge in [0.25, 0.3) is 11.8 Å². The number of hydrogen-bond acceptors (Lipinski definition) is 17. The number of phenolic OH excluding ortho intramolecular Hbond substituents is 1. The van der Waals surface area contributed by atoms with Gasteiger partial charge in [-0.2, -0.15) is 0 Å². The number of aromatic hydroxyl groups is 1. The normalized spacial score (nSPS) is 16.1. The Labute approximate surface area is 468 Å². The Balaban J connectivity index is 1.67. The molecule has 7 N–H and O–H groups in total. The predicted octanol–water partition coefficient (Wildman–Crippen LogP) is 5.21. The molecule has 0 saturated carbocycles. The van der Waals surface area contributed by atoms with Crippen LogP contribution in [0.5, 0.6) is 5.75 Å². The molecule has 23 nitrogen and oxygen atoms in total. The summed E-state index contributed by atoms with van der Waals surface area (Å²) in [5.74, 6) is -6.88. The molecule has 0 spiro atoms. The fourth-order valence-corrected chi connectivity index (χ4v) is 9.62. The number of ether oxygens (including phenoxy) is 4. The number of likely N-dealkylation sites (N-methyl/N-ethyl adjacent to an activating group) is 2. The van der Waals surface area contributed by atoms with Gasteiger partial charge in [0.15, 0.2) is 6.10 Å². The second-order valence-electron chi connectivity index (χ2n) is 19.6. The van der Waals surface area contributed by atoms with Gasteiger partial charge in [-0.3, -0.25) is 48.6 Å². The van der Waals surface area contributed by atoms with Crippen molar-refractivity contribution in [3.05, 3.63) is 50.4 Å². The third-order valence-electron chi connectivity index (χ3n) is 13.0. The van der Waals surface area contributed by atoms with Gasteiger partial charge in [-0.25, -0.2) is 9.78 Å². The van der Waals surface area contributed by atoms with Crippen LogP contribution < -0.4 is 26.6 Å². The van der Waals surface area contributed by atoms with E-state index in [0.717, 1.165) is 43.2 Å². The highest BCUT2D eigenvalue weighted by molar-refractivity contribution is 9.12. The fourth-order valence-electron chi connectivity index (χ4n) is 8.43. The lowest BCUT2D eigenvalue weighted by molar-refractivity contribution is -0.149.